The second kappa shape index (κ2) is 9.05. The predicted octanol–water partition coefficient (Wildman–Crippen LogP) is 4.08. The molecule has 1 heterocycles. The summed E-state index contributed by atoms with van der Waals surface area (Å²) in [6.45, 7) is 2.44. The number of benzene rings is 1. The van der Waals surface area contributed by atoms with Crippen molar-refractivity contribution in [3.63, 3.8) is 0 Å². The van der Waals surface area contributed by atoms with Crippen LogP contribution in [0.3, 0.4) is 0 Å². The maximum Gasteiger partial charge on any atom is 0.250 e. The van der Waals surface area contributed by atoms with Gasteiger partial charge in [-0.1, -0.05) is 23.1 Å². The van der Waals surface area contributed by atoms with Crippen molar-refractivity contribution in [3.05, 3.63) is 28.2 Å². The fourth-order valence-corrected chi connectivity index (χ4v) is 3.53. The van der Waals surface area contributed by atoms with E-state index in [0.29, 0.717) is 23.2 Å². The topological polar surface area (TPSA) is 73.3 Å². The molecule has 9 heteroatoms. The molecule has 0 saturated heterocycles. The third-order valence-electron chi connectivity index (χ3n) is 2.78. The summed E-state index contributed by atoms with van der Waals surface area (Å²) in [5.41, 5.74) is 0.805. The van der Waals surface area contributed by atoms with Crippen molar-refractivity contribution in [2.24, 2.45) is 0 Å². The predicted molar refractivity (Wildman–Crippen MR) is 101 cm³/mol. The van der Waals surface area contributed by atoms with Crippen molar-refractivity contribution < 1.29 is 14.3 Å². The Labute approximate surface area is 156 Å². The SMILES string of the molecule is CCOc1c(Br)cc(/C=C/C(=O)Nc2nnc(SC)s2)cc1OC. The average molecular weight is 430 g/mol. The molecule has 128 valence electrons. The number of amides is 1. The summed E-state index contributed by atoms with van der Waals surface area (Å²) in [5.74, 6) is 0.961. The standard InChI is InChI=1S/C15H16BrN3O3S2/c1-4-22-13-10(16)7-9(8-11(13)21-2)5-6-12(20)17-14-18-19-15(23-3)24-14/h5-8H,4H2,1-3H3,(H,17,18,20)/b6-5+. The van der Waals surface area contributed by atoms with Crippen molar-refractivity contribution in [2.45, 2.75) is 11.3 Å². The summed E-state index contributed by atoms with van der Waals surface area (Å²) in [4.78, 5) is 12.0. The van der Waals surface area contributed by atoms with Gasteiger partial charge in [-0.15, -0.1) is 10.2 Å². The fourth-order valence-electron chi connectivity index (χ4n) is 1.78. The number of anilines is 1. The molecule has 1 amide bonds. The second-order valence-electron chi connectivity index (χ2n) is 4.37. The molecule has 0 radical (unpaired) electrons. The van der Waals surface area contributed by atoms with Crippen LogP contribution >= 0.6 is 39.0 Å². The van der Waals surface area contributed by atoms with Gasteiger partial charge < -0.3 is 9.47 Å². The third-order valence-corrected chi connectivity index (χ3v) is 5.18. The highest BCUT2D eigenvalue weighted by molar-refractivity contribution is 9.10. The van der Waals surface area contributed by atoms with Crippen LogP contribution in [0, 0.1) is 0 Å². The normalized spacial score (nSPS) is 10.8. The first-order valence-corrected chi connectivity index (χ1v) is 9.77. The smallest absolute Gasteiger partial charge is 0.250 e. The van der Waals surface area contributed by atoms with Crippen molar-refractivity contribution in [2.75, 3.05) is 25.3 Å². The zero-order valence-electron chi connectivity index (χ0n) is 13.3. The van der Waals surface area contributed by atoms with Gasteiger partial charge in [-0.2, -0.15) is 0 Å². The van der Waals surface area contributed by atoms with Gasteiger partial charge in [0, 0.05) is 6.08 Å². The number of nitrogens with one attached hydrogen (secondary N) is 1. The van der Waals surface area contributed by atoms with Crippen LogP contribution in [0.15, 0.2) is 27.0 Å². The third kappa shape index (κ3) is 4.96. The number of carbonyl (C=O) groups excluding carboxylic acids is 1. The molecule has 0 saturated carbocycles. The Kier molecular flexibility index (Phi) is 7.07. The average Bonchev–Trinajstić information content (AvgIpc) is 3.02. The number of carbonyl (C=O) groups is 1. The number of halogens is 1. The van der Waals surface area contributed by atoms with Gasteiger partial charge in [-0.05, 0) is 52.9 Å². The largest absolute Gasteiger partial charge is 0.493 e. The van der Waals surface area contributed by atoms with E-state index in [1.165, 1.54) is 29.2 Å². The van der Waals surface area contributed by atoms with E-state index in [0.717, 1.165) is 14.4 Å². The molecular formula is C15H16BrN3O3S2. The molecule has 0 aliphatic carbocycles. The molecule has 1 aromatic heterocycles. The highest BCUT2D eigenvalue weighted by Crippen LogP contribution is 2.37. The Morgan fingerprint density at radius 2 is 2.25 bits per heavy atom. The number of methoxy groups -OCH3 is 1. The lowest BCUT2D eigenvalue weighted by atomic mass is 10.2. The van der Waals surface area contributed by atoms with Crippen LogP contribution in [0.25, 0.3) is 6.08 Å². The quantitative estimate of drug-likeness (QED) is 0.406. The molecular weight excluding hydrogens is 414 g/mol. The highest BCUT2D eigenvalue weighted by Gasteiger charge is 2.10. The first-order chi connectivity index (χ1) is 11.6. The van der Waals surface area contributed by atoms with Crippen LogP contribution in [0.4, 0.5) is 5.13 Å². The number of hydrogen-bond acceptors (Lipinski definition) is 7. The lowest BCUT2D eigenvalue weighted by Crippen LogP contribution is -2.07. The van der Waals surface area contributed by atoms with Crippen LogP contribution in [0.2, 0.25) is 0 Å². The number of aromatic nitrogens is 2. The first kappa shape index (κ1) is 18.8. The molecule has 0 aliphatic heterocycles. The minimum atomic E-state index is -0.275. The fraction of sp³-hybridized carbons (Fsp3) is 0.267. The second-order valence-corrected chi connectivity index (χ2v) is 7.25. The minimum absolute atomic E-state index is 0.275. The van der Waals surface area contributed by atoms with Gasteiger partial charge in [-0.25, -0.2) is 0 Å². The van der Waals surface area contributed by atoms with Crippen molar-refractivity contribution in [3.8, 4) is 11.5 Å². The van der Waals surface area contributed by atoms with E-state index < -0.39 is 0 Å². The molecule has 0 atom stereocenters. The van der Waals surface area contributed by atoms with E-state index in [1.807, 2.05) is 19.2 Å². The number of hydrogen-bond donors (Lipinski definition) is 1. The maximum atomic E-state index is 12.0. The van der Waals surface area contributed by atoms with E-state index in [4.69, 9.17) is 9.47 Å². The zero-order valence-corrected chi connectivity index (χ0v) is 16.5. The van der Waals surface area contributed by atoms with Gasteiger partial charge in [0.2, 0.25) is 11.0 Å². The number of rotatable bonds is 7. The number of thioether (sulfide) groups is 1. The lowest BCUT2D eigenvalue weighted by Gasteiger charge is -2.12. The summed E-state index contributed by atoms with van der Waals surface area (Å²) < 4.78 is 12.4. The van der Waals surface area contributed by atoms with Gasteiger partial charge in [-0.3, -0.25) is 10.1 Å². The molecule has 2 rings (SSSR count). The molecule has 1 aromatic carbocycles. The molecule has 24 heavy (non-hydrogen) atoms. The summed E-state index contributed by atoms with van der Waals surface area (Å²) in [6.07, 6.45) is 5.03. The van der Waals surface area contributed by atoms with Crippen LogP contribution in [0.5, 0.6) is 11.5 Å². The zero-order chi connectivity index (χ0) is 17.5. The van der Waals surface area contributed by atoms with Gasteiger partial charge in [0.05, 0.1) is 18.2 Å². The van der Waals surface area contributed by atoms with E-state index in [1.54, 1.807) is 19.3 Å². The van der Waals surface area contributed by atoms with Gasteiger partial charge in [0.15, 0.2) is 15.8 Å². The first-order valence-electron chi connectivity index (χ1n) is 6.94. The molecule has 0 fully saturated rings. The molecule has 0 aliphatic rings. The Bertz CT molecular complexity index is 750. The highest BCUT2D eigenvalue weighted by atomic mass is 79.9. The van der Waals surface area contributed by atoms with E-state index in [-0.39, 0.29) is 5.91 Å². The van der Waals surface area contributed by atoms with E-state index >= 15 is 0 Å². The van der Waals surface area contributed by atoms with Crippen molar-refractivity contribution in [1.82, 2.24) is 10.2 Å². The molecule has 6 nitrogen and oxygen atoms in total. The Morgan fingerprint density at radius 3 is 2.88 bits per heavy atom. The number of nitrogens with zero attached hydrogens (tertiary/aromatic N) is 2. The maximum absolute atomic E-state index is 12.0. The molecule has 0 unspecified atom stereocenters. The summed E-state index contributed by atoms with van der Waals surface area (Å²) >= 11 is 6.27. The Balaban J connectivity index is 2.10. The van der Waals surface area contributed by atoms with Crippen LogP contribution in [-0.2, 0) is 4.79 Å². The molecule has 0 bridgehead atoms. The summed E-state index contributed by atoms with van der Waals surface area (Å²) in [7, 11) is 1.57. The van der Waals surface area contributed by atoms with Gasteiger partial charge in [0.25, 0.3) is 0 Å². The molecule has 0 spiro atoms. The van der Waals surface area contributed by atoms with Crippen LogP contribution < -0.4 is 14.8 Å². The monoisotopic (exact) mass is 429 g/mol. The van der Waals surface area contributed by atoms with E-state index in [9.17, 15) is 4.79 Å². The Hall–Kier alpha value is -1.58. The van der Waals surface area contributed by atoms with Gasteiger partial charge >= 0.3 is 0 Å². The molecule has 1 N–H and O–H groups in total. The minimum Gasteiger partial charge on any atom is -0.493 e. The van der Waals surface area contributed by atoms with Crippen molar-refractivity contribution >= 4 is 56.1 Å². The summed E-state index contributed by atoms with van der Waals surface area (Å²) in [6, 6.07) is 3.66. The Morgan fingerprint density at radius 1 is 1.46 bits per heavy atom. The lowest BCUT2D eigenvalue weighted by molar-refractivity contribution is -0.111. The number of ether oxygens (including phenoxy) is 2. The summed E-state index contributed by atoms with van der Waals surface area (Å²) in [5, 5.41) is 11.0. The van der Waals surface area contributed by atoms with Gasteiger partial charge in [0.1, 0.15) is 0 Å². The van der Waals surface area contributed by atoms with Crippen LogP contribution in [-0.4, -0.2) is 36.1 Å². The van der Waals surface area contributed by atoms with Crippen LogP contribution in [0.1, 0.15) is 12.5 Å². The van der Waals surface area contributed by atoms with Crippen molar-refractivity contribution in [1.29, 1.82) is 0 Å². The molecule has 2 aromatic rings. The van der Waals surface area contributed by atoms with E-state index in [2.05, 4.69) is 31.4 Å².